The molecular formula is C17H25N5O4. The van der Waals surface area contributed by atoms with E-state index in [1.165, 1.54) is 6.07 Å². The minimum absolute atomic E-state index is 0.0189. The molecule has 0 spiro atoms. The molecule has 1 heterocycles. The number of amides is 2. The van der Waals surface area contributed by atoms with Crippen LogP contribution in [0, 0.1) is 16.0 Å². The van der Waals surface area contributed by atoms with Gasteiger partial charge in [0.1, 0.15) is 5.69 Å². The topological polar surface area (TPSA) is 131 Å². The lowest BCUT2D eigenvalue weighted by molar-refractivity contribution is -0.384. The highest BCUT2D eigenvalue weighted by molar-refractivity contribution is 5.81. The van der Waals surface area contributed by atoms with Crippen molar-refractivity contribution in [1.82, 2.24) is 10.2 Å². The number of anilines is 1. The van der Waals surface area contributed by atoms with Gasteiger partial charge in [0, 0.05) is 45.2 Å². The molecule has 1 fully saturated rings. The summed E-state index contributed by atoms with van der Waals surface area (Å²) in [6.07, 6.45) is 1.75. The van der Waals surface area contributed by atoms with Gasteiger partial charge in [0.15, 0.2) is 0 Å². The fourth-order valence-electron chi connectivity index (χ4n) is 3.00. The fourth-order valence-corrected chi connectivity index (χ4v) is 3.00. The number of nitrogens with zero attached hydrogens (tertiary/aromatic N) is 2. The first-order valence-corrected chi connectivity index (χ1v) is 8.75. The lowest BCUT2D eigenvalue weighted by Crippen LogP contribution is -2.46. The average Bonchev–Trinajstić information content (AvgIpc) is 2.66. The van der Waals surface area contributed by atoms with Crippen LogP contribution in [-0.4, -0.2) is 54.4 Å². The van der Waals surface area contributed by atoms with Gasteiger partial charge in [-0.15, -0.1) is 0 Å². The van der Waals surface area contributed by atoms with Crippen LogP contribution in [0.25, 0.3) is 0 Å². The van der Waals surface area contributed by atoms with Crippen LogP contribution in [0.15, 0.2) is 24.3 Å². The summed E-state index contributed by atoms with van der Waals surface area (Å²) in [6, 6.07) is 6.32. The van der Waals surface area contributed by atoms with Crippen molar-refractivity contribution in [1.29, 1.82) is 0 Å². The van der Waals surface area contributed by atoms with Gasteiger partial charge >= 0.3 is 0 Å². The van der Waals surface area contributed by atoms with Gasteiger partial charge in [-0.3, -0.25) is 19.7 Å². The molecule has 1 aromatic carbocycles. The lowest BCUT2D eigenvalue weighted by atomic mass is 9.97. The summed E-state index contributed by atoms with van der Waals surface area (Å²) in [4.78, 5) is 36.7. The number of hydrogen-bond acceptors (Lipinski definition) is 6. The maximum Gasteiger partial charge on any atom is 0.292 e. The van der Waals surface area contributed by atoms with Crippen molar-refractivity contribution in [2.45, 2.75) is 19.3 Å². The van der Waals surface area contributed by atoms with E-state index in [9.17, 15) is 19.7 Å². The molecule has 4 N–H and O–H groups in total. The number of carbonyl (C=O) groups excluding carboxylic acids is 2. The largest absolute Gasteiger partial charge is 0.379 e. The quantitative estimate of drug-likeness (QED) is 0.460. The summed E-state index contributed by atoms with van der Waals surface area (Å²) in [6.45, 7) is 2.15. The van der Waals surface area contributed by atoms with E-state index in [1.807, 2.05) is 0 Å². The summed E-state index contributed by atoms with van der Waals surface area (Å²) < 4.78 is 0. The summed E-state index contributed by atoms with van der Waals surface area (Å²) in [5.41, 5.74) is 5.76. The van der Waals surface area contributed by atoms with E-state index < -0.39 is 4.92 Å². The number of rotatable bonds is 8. The van der Waals surface area contributed by atoms with Gasteiger partial charge in [-0.05, 0) is 18.9 Å². The van der Waals surface area contributed by atoms with E-state index in [0.29, 0.717) is 38.4 Å². The van der Waals surface area contributed by atoms with Crippen molar-refractivity contribution in [3.05, 3.63) is 34.4 Å². The second-order valence-electron chi connectivity index (χ2n) is 6.21. The highest BCUT2D eigenvalue weighted by Crippen LogP contribution is 2.23. The third-order valence-corrected chi connectivity index (χ3v) is 4.34. The van der Waals surface area contributed by atoms with E-state index >= 15 is 0 Å². The van der Waals surface area contributed by atoms with E-state index in [-0.39, 0.29) is 29.8 Å². The van der Waals surface area contributed by atoms with Crippen molar-refractivity contribution in [3.8, 4) is 0 Å². The molecule has 2 rings (SSSR count). The summed E-state index contributed by atoms with van der Waals surface area (Å²) in [5.74, 6) is -0.333. The highest BCUT2D eigenvalue weighted by Gasteiger charge is 2.27. The van der Waals surface area contributed by atoms with Crippen LogP contribution in [0.1, 0.15) is 19.3 Å². The summed E-state index contributed by atoms with van der Waals surface area (Å²) >= 11 is 0. The van der Waals surface area contributed by atoms with Crippen LogP contribution in [0.3, 0.4) is 0 Å². The van der Waals surface area contributed by atoms with Gasteiger partial charge in [-0.2, -0.15) is 0 Å². The molecule has 9 nitrogen and oxygen atoms in total. The van der Waals surface area contributed by atoms with Crippen molar-refractivity contribution in [3.63, 3.8) is 0 Å². The second kappa shape index (κ2) is 9.71. The zero-order valence-corrected chi connectivity index (χ0v) is 14.6. The zero-order valence-electron chi connectivity index (χ0n) is 14.6. The molecule has 9 heteroatoms. The van der Waals surface area contributed by atoms with Crippen LogP contribution in [-0.2, 0) is 9.59 Å². The second-order valence-corrected chi connectivity index (χ2v) is 6.21. The molecule has 1 aliphatic heterocycles. The highest BCUT2D eigenvalue weighted by atomic mass is 16.6. The molecule has 1 atom stereocenters. The first-order valence-electron chi connectivity index (χ1n) is 8.75. The van der Waals surface area contributed by atoms with Gasteiger partial charge in [-0.25, -0.2) is 0 Å². The Hall–Kier alpha value is -2.68. The molecular weight excluding hydrogens is 338 g/mol. The number of nitro groups is 1. The van der Waals surface area contributed by atoms with Crippen LogP contribution in [0.2, 0.25) is 0 Å². The van der Waals surface area contributed by atoms with Gasteiger partial charge in [0.25, 0.3) is 5.69 Å². The Labute approximate surface area is 152 Å². The van der Waals surface area contributed by atoms with Gasteiger partial charge in [0.05, 0.1) is 10.8 Å². The Morgan fingerprint density at radius 2 is 2.08 bits per heavy atom. The molecule has 1 unspecified atom stereocenters. The summed E-state index contributed by atoms with van der Waals surface area (Å²) in [7, 11) is 0. The van der Waals surface area contributed by atoms with Crippen molar-refractivity contribution >= 4 is 23.2 Å². The first-order chi connectivity index (χ1) is 12.5. The van der Waals surface area contributed by atoms with E-state index in [2.05, 4.69) is 10.6 Å². The van der Waals surface area contributed by atoms with E-state index in [1.54, 1.807) is 23.1 Å². The molecule has 142 valence electrons. The number of nitro benzene ring substituents is 1. The van der Waals surface area contributed by atoms with Crippen molar-refractivity contribution in [2.75, 3.05) is 38.0 Å². The normalized spacial score (nSPS) is 16.8. The molecule has 1 aromatic rings. The number of likely N-dealkylation sites (tertiary alicyclic amines) is 1. The molecule has 2 amide bonds. The summed E-state index contributed by atoms with van der Waals surface area (Å²) in [5, 5.41) is 16.7. The monoisotopic (exact) mass is 363 g/mol. The van der Waals surface area contributed by atoms with Crippen molar-refractivity contribution in [2.24, 2.45) is 11.7 Å². The molecule has 1 aliphatic rings. The molecule has 0 saturated carbocycles. The Bertz CT molecular complexity index is 652. The van der Waals surface area contributed by atoms with Crippen LogP contribution in [0.4, 0.5) is 11.4 Å². The number of para-hydroxylation sites is 2. The predicted molar refractivity (Wildman–Crippen MR) is 97.6 cm³/mol. The number of nitrogens with one attached hydrogen (secondary N) is 2. The Morgan fingerprint density at radius 3 is 2.81 bits per heavy atom. The van der Waals surface area contributed by atoms with Crippen LogP contribution >= 0.6 is 0 Å². The third kappa shape index (κ3) is 5.41. The third-order valence-electron chi connectivity index (χ3n) is 4.34. The maximum absolute atomic E-state index is 12.4. The number of carbonyl (C=O) groups is 2. The van der Waals surface area contributed by atoms with E-state index in [4.69, 9.17) is 5.73 Å². The number of piperidine rings is 1. The SMILES string of the molecule is NCCNC(=O)C1CCCN(C(=O)CCNc2ccccc2[N+](=O)[O-])C1. The van der Waals surface area contributed by atoms with Gasteiger partial charge < -0.3 is 21.3 Å². The predicted octanol–water partition coefficient (Wildman–Crippen LogP) is 0.710. The number of nitrogens with two attached hydrogens (primary N) is 1. The number of hydrogen-bond donors (Lipinski definition) is 3. The van der Waals surface area contributed by atoms with Crippen molar-refractivity contribution < 1.29 is 14.5 Å². The number of benzene rings is 1. The minimum atomic E-state index is -0.459. The Balaban J connectivity index is 1.82. The lowest BCUT2D eigenvalue weighted by Gasteiger charge is -2.32. The van der Waals surface area contributed by atoms with Gasteiger partial charge in [0.2, 0.25) is 11.8 Å². The molecule has 0 aromatic heterocycles. The molecule has 0 bridgehead atoms. The van der Waals surface area contributed by atoms with Crippen LogP contribution < -0.4 is 16.4 Å². The molecule has 26 heavy (non-hydrogen) atoms. The smallest absolute Gasteiger partial charge is 0.292 e. The molecule has 0 aliphatic carbocycles. The standard InChI is InChI=1S/C17H25N5O4/c18-8-10-20-17(24)13-4-3-11-21(12-13)16(23)7-9-19-14-5-1-2-6-15(14)22(25)26/h1-2,5-6,13,19H,3-4,7-12,18H2,(H,20,24). The Morgan fingerprint density at radius 1 is 1.31 bits per heavy atom. The average molecular weight is 363 g/mol. The molecule has 0 radical (unpaired) electrons. The first kappa shape index (κ1) is 19.6. The zero-order chi connectivity index (χ0) is 18.9. The fraction of sp³-hybridized carbons (Fsp3) is 0.529. The van der Waals surface area contributed by atoms with Crippen LogP contribution in [0.5, 0.6) is 0 Å². The Kier molecular flexibility index (Phi) is 7.34. The minimum Gasteiger partial charge on any atom is -0.379 e. The maximum atomic E-state index is 12.4. The molecule has 1 saturated heterocycles. The van der Waals surface area contributed by atoms with E-state index in [0.717, 1.165) is 12.8 Å². The van der Waals surface area contributed by atoms with Gasteiger partial charge in [-0.1, -0.05) is 12.1 Å².